The third-order valence-electron chi connectivity index (χ3n) is 2.34. The van der Waals surface area contributed by atoms with Crippen LogP contribution in [0.5, 0.6) is 0 Å². The Morgan fingerprint density at radius 3 is 2.62 bits per heavy atom. The van der Waals surface area contributed by atoms with Crippen molar-refractivity contribution in [3.63, 3.8) is 0 Å². The van der Waals surface area contributed by atoms with Crippen molar-refractivity contribution in [1.29, 1.82) is 0 Å². The molecule has 0 aromatic carbocycles. The molecule has 13 heavy (non-hydrogen) atoms. The molecule has 1 rings (SSSR count). The molecule has 1 heterocycles. The second-order valence-corrected chi connectivity index (χ2v) is 3.16. The van der Waals surface area contributed by atoms with E-state index in [9.17, 15) is 0 Å². The SMILES string of the molecule is CCNc1nccn1C(CC)CC. The quantitative estimate of drug-likeness (QED) is 0.756. The molecule has 0 atom stereocenters. The third kappa shape index (κ3) is 2.23. The van der Waals surface area contributed by atoms with E-state index in [2.05, 4.69) is 41.8 Å². The van der Waals surface area contributed by atoms with E-state index in [4.69, 9.17) is 0 Å². The average molecular weight is 181 g/mol. The van der Waals surface area contributed by atoms with Gasteiger partial charge >= 0.3 is 0 Å². The summed E-state index contributed by atoms with van der Waals surface area (Å²) in [5.41, 5.74) is 0. The van der Waals surface area contributed by atoms with Crippen molar-refractivity contribution in [2.24, 2.45) is 0 Å². The highest BCUT2D eigenvalue weighted by Gasteiger charge is 2.09. The van der Waals surface area contributed by atoms with Gasteiger partial charge in [0.05, 0.1) is 0 Å². The van der Waals surface area contributed by atoms with Crippen molar-refractivity contribution in [3.8, 4) is 0 Å². The zero-order valence-electron chi connectivity index (χ0n) is 8.75. The molecule has 3 nitrogen and oxygen atoms in total. The van der Waals surface area contributed by atoms with Crippen LogP contribution in [0, 0.1) is 0 Å². The molecule has 0 aliphatic heterocycles. The smallest absolute Gasteiger partial charge is 0.203 e. The summed E-state index contributed by atoms with van der Waals surface area (Å²) in [7, 11) is 0. The summed E-state index contributed by atoms with van der Waals surface area (Å²) in [5.74, 6) is 0.996. The Bertz CT molecular complexity index is 238. The second-order valence-electron chi connectivity index (χ2n) is 3.16. The van der Waals surface area contributed by atoms with E-state index in [0.717, 1.165) is 25.3 Å². The van der Waals surface area contributed by atoms with Gasteiger partial charge in [-0.15, -0.1) is 0 Å². The molecule has 0 radical (unpaired) electrons. The number of nitrogens with zero attached hydrogens (tertiary/aromatic N) is 2. The molecular weight excluding hydrogens is 162 g/mol. The number of hydrogen-bond acceptors (Lipinski definition) is 2. The van der Waals surface area contributed by atoms with Crippen LogP contribution < -0.4 is 5.32 Å². The number of anilines is 1. The van der Waals surface area contributed by atoms with Gasteiger partial charge in [0.25, 0.3) is 0 Å². The van der Waals surface area contributed by atoms with Crippen molar-refractivity contribution in [1.82, 2.24) is 9.55 Å². The molecule has 1 N–H and O–H groups in total. The van der Waals surface area contributed by atoms with Gasteiger partial charge in [0, 0.05) is 25.0 Å². The van der Waals surface area contributed by atoms with Gasteiger partial charge in [-0.1, -0.05) is 13.8 Å². The van der Waals surface area contributed by atoms with E-state index in [1.54, 1.807) is 0 Å². The first-order valence-corrected chi connectivity index (χ1v) is 5.10. The summed E-state index contributed by atoms with van der Waals surface area (Å²) in [6, 6.07) is 0.580. The van der Waals surface area contributed by atoms with Crippen LogP contribution in [0.25, 0.3) is 0 Å². The summed E-state index contributed by atoms with van der Waals surface area (Å²) in [6.07, 6.45) is 6.22. The average Bonchev–Trinajstić information content (AvgIpc) is 2.57. The van der Waals surface area contributed by atoms with Crippen LogP contribution in [0.4, 0.5) is 5.95 Å². The molecule has 0 saturated heterocycles. The summed E-state index contributed by atoms with van der Waals surface area (Å²) in [6.45, 7) is 7.44. The Morgan fingerprint density at radius 1 is 1.38 bits per heavy atom. The van der Waals surface area contributed by atoms with Crippen molar-refractivity contribution in [2.45, 2.75) is 39.7 Å². The summed E-state index contributed by atoms with van der Waals surface area (Å²) >= 11 is 0. The lowest BCUT2D eigenvalue weighted by molar-refractivity contribution is 0.476. The maximum Gasteiger partial charge on any atom is 0.203 e. The summed E-state index contributed by atoms with van der Waals surface area (Å²) < 4.78 is 2.23. The van der Waals surface area contributed by atoms with Crippen LogP contribution in [0.3, 0.4) is 0 Å². The lowest BCUT2D eigenvalue weighted by atomic mass is 10.2. The highest BCUT2D eigenvalue weighted by Crippen LogP contribution is 2.19. The van der Waals surface area contributed by atoms with Crippen LogP contribution >= 0.6 is 0 Å². The molecule has 0 fully saturated rings. The van der Waals surface area contributed by atoms with E-state index >= 15 is 0 Å². The van der Waals surface area contributed by atoms with Crippen LogP contribution in [-0.4, -0.2) is 16.1 Å². The van der Waals surface area contributed by atoms with Crippen molar-refractivity contribution >= 4 is 5.95 Å². The lowest BCUT2D eigenvalue weighted by Crippen LogP contribution is -2.11. The molecule has 0 amide bonds. The van der Waals surface area contributed by atoms with Crippen molar-refractivity contribution < 1.29 is 0 Å². The fourth-order valence-corrected chi connectivity index (χ4v) is 1.58. The number of nitrogens with one attached hydrogen (secondary N) is 1. The van der Waals surface area contributed by atoms with E-state index in [1.807, 2.05) is 6.20 Å². The Morgan fingerprint density at radius 2 is 2.08 bits per heavy atom. The monoisotopic (exact) mass is 181 g/mol. The molecule has 0 saturated carbocycles. The minimum absolute atomic E-state index is 0.580. The Balaban J connectivity index is 2.78. The number of rotatable bonds is 5. The van der Waals surface area contributed by atoms with Crippen LogP contribution in [-0.2, 0) is 0 Å². The van der Waals surface area contributed by atoms with Gasteiger partial charge in [0.15, 0.2) is 0 Å². The highest BCUT2D eigenvalue weighted by atomic mass is 15.2. The van der Waals surface area contributed by atoms with Crippen LogP contribution in [0.15, 0.2) is 12.4 Å². The third-order valence-corrected chi connectivity index (χ3v) is 2.34. The van der Waals surface area contributed by atoms with Crippen LogP contribution in [0.1, 0.15) is 39.7 Å². The molecule has 0 aliphatic rings. The highest BCUT2D eigenvalue weighted by molar-refractivity contribution is 5.26. The van der Waals surface area contributed by atoms with E-state index in [0.29, 0.717) is 6.04 Å². The maximum absolute atomic E-state index is 4.27. The predicted octanol–water partition coefficient (Wildman–Crippen LogP) is 2.68. The summed E-state index contributed by atoms with van der Waals surface area (Å²) in [5, 5.41) is 3.26. The normalized spacial score (nSPS) is 10.8. The molecule has 1 aromatic heterocycles. The number of imidazole rings is 1. The van der Waals surface area contributed by atoms with Gasteiger partial charge in [-0.05, 0) is 19.8 Å². The molecule has 74 valence electrons. The largest absolute Gasteiger partial charge is 0.356 e. The minimum atomic E-state index is 0.580. The van der Waals surface area contributed by atoms with Crippen LogP contribution in [0.2, 0.25) is 0 Å². The molecule has 1 aromatic rings. The standard InChI is InChI=1S/C10H19N3/c1-4-9(5-2)13-8-7-12-10(13)11-6-3/h7-9H,4-6H2,1-3H3,(H,11,12). The second kappa shape index (κ2) is 4.90. The topological polar surface area (TPSA) is 29.9 Å². The van der Waals surface area contributed by atoms with E-state index in [1.165, 1.54) is 0 Å². The van der Waals surface area contributed by atoms with Gasteiger partial charge in [0.1, 0.15) is 0 Å². The number of aromatic nitrogens is 2. The number of hydrogen-bond donors (Lipinski definition) is 1. The molecule has 0 spiro atoms. The molecule has 0 unspecified atom stereocenters. The van der Waals surface area contributed by atoms with E-state index < -0.39 is 0 Å². The molecular formula is C10H19N3. The Hall–Kier alpha value is -0.990. The van der Waals surface area contributed by atoms with E-state index in [-0.39, 0.29) is 0 Å². The van der Waals surface area contributed by atoms with Gasteiger partial charge in [-0.3, -0.25) is 0 Å². The maximum atomic E-state index is 4.27. The first-order chi connectivity index (χ1) is 6.33. The Kier molecular flexibility index (Phi) is 3.80. The Labute approximate surface area is 80.2 Å². The molecule has 3 heteroatoms. The fourth-order valence-electron chi connectivity index (χ4n) is 1.58. The summed E-state index contributed by atoms with van der Waals surface area (Å²) in [4.78, 5) is 4.27. The van der Waals surface area contributed by atoms with Crippen molar-refractivity contribution in [2.75, 3.05) is 11.9 Å². The van der Waals surface area contributed by atoms with Crippen molar-refractivity contribution in [3.05, 3.63) is 12.4 Å². The van der Waals surface area contributed by atoms with Gasteiger partial charge < -0.3 is 9.88 Å². The van der Waals surface area contributed by atoms with Gasteiger partial charge in [-0.25, -0.2) is 4.98 Å². The minimum Gasteiger partial charge on any atom is -0.356 e. The molecule has 0 aliphatic carbocycles. The molecule has 0 bridgehead atoms. The predicted molar refractivity (Wildman–Crippen MR) is 56.0 cm³/mol. The zero-order chi connectivity index (χ0) is 9.68. The lowest BCUT2D eigenvalue weighted by Gasteiger charge is -2.17. The fraction of sp³-hybridized carbons (Fsp3) is 0.700. The van der Waals surface area contributed by atoms with Gasteiger partial charge in [-0.2, -0.15) is 0 Å². The first-order valence-electron chi connectivity index (χ1n) is 5.10. The first kappa shape index (κ1) is 10.1. The van der Waals surface area contributed by atoms with Gasteiger partial charge in [0.2, 0.25) is 5.95 Å². The zero-order valence-corrected chi connectivity index (χ0v) is 8.75.